The Balaban J connectivity index is 0.000001000. The first kappa shape index (κ1) is 10.7. The summed E-state index contributed by atoms with van der Waals surface area (Å²) in [6.07, 6.45) is 2.96. The van der Waals surface area contributed by atoms with Gasteiger partial charge in [0, 0.05) is 19.3 Å². The van der Waals surface area contributed by atoms with Crippen LogP contribution in [0.25, 0.3) is 0 Å². The summed E-state index contributed by atoms with van der Waals surface area (Å²) in [4.78, 5) is 10.8. The Kier molecular flexibility index (Phi) is 3.83. The van der Waals surface area contributed by atoms with Crippen molar-refractivity contribution in [3.63, 3.8) is 0 Å². The van der Waals surface area contributed by atoms with Gasteiger partial charge in [0.25, 0.3) is 0 Å². The highest BCUT2D eigenvalue weighted by Gasteiger charge is 2.42. The minimum Gasteiger partial charge on any atom is -0.444 e. The maximum absolute atomic E-state index is 10.8. The Labute approximate surface area is 72.7 Å². The van der Waals surface area contributed by atoms with Gasteiger partial charge in [0.2, 0.25) is 0 Å². The Morgan fingerprint density at radius 2 is 2.18 bits per heavy atom. The normalized spacial score (nSPS) is 18.4. The number of halogens is 1. The number of ether oxygens (including phenoxy) is 1. The molecule has 1 saturated carbocycles. The molecule has 4 heteroatoms. The monoisotopic (exact) mass is 179 g/mol. The summed E-state index contributed by atoms with van der Waals surface area (Å²) in [6, 6.07) is 0. The third-order valence-corrected chi connectivity index (χ3v) is 1.51. The third-order valence-electron chi connectivity index (χ3n) is 1.51. The molecule has 2 N–H and O–H groups in total. The molecule has 0 heterocycles. The van der Waals surface area contributed by atoms with Gasteiger partial charge < -0.3 is 4.74 Å². The molecule has 0 aromatic heterocycles. The molecule has 66 valence electrons. The van der Waals surface area contributed by atoms with Crippen molar-refractivity contribution in [1.82, 2.24) is 0 Å². The van der Waals surface area contributed by atoms with Gasteiger partial charge in [-0.05, 0) is 6.42 Å². The summed E-state index contributed by atoms with van der Waals surface area (Å²) in [5.74, 6) is -0.164. The van der Waals surface area contributed by atoms with Crippen molar-refractivity contribution >= 4 is 18.4 Å². The van der Waals surface area contributed by atoms with Crippen LogP contribution in [0.5, 0.6) is 0 Å². The number of rotatable bonds is 3. The molecule has 1 rings (SSSR count). The van der Waals surface area contributed by atoms with Crippen LogP contribution in [0.3, 0.4) is 0 Å². The van der Waals surface area contributed by atoms with Gasteiger partial charge >= 0.3 is 5.97 Å². The summed E-state index contributed by atoms with van der Waals surface area (Å²) in [6.45, 7) is 1.94. The first-order chi connectivity index (χ1) is 4.66. The van der Waals surface area contributed by atoms with Crippen LogP contribution < -0.4 is 5.73 Å². The molecule has 0 unspecified atom stereocenters. The van der Waals surface area contributed by atoms with E-state index in [2.05, 4.69) is 0 Å². The maximum Gasteiger partial charge on any atom is 0.307 e. The summed E-state index contributed by atoms with van der Waals surface area (Å²) >= 11 is 0. The average molecular weight is 180 g/mol. The van der Waals surface area contributed by atoms with E-state index in [1.807, 2.05) is 6.92 Å². The molecule has 0 aliphatic heterocycles. The second-order valence-electron chi connectivity index (χ2n) is 2.79. The fraction of sp³-hybridized carbons (Fsp3) is 0.857. The van der Waals surface area contributed by atoms with Crippen molar-refractivity contribution in [2.24, 2.45) is 5.73 Å². The number of carbonyl (C=O) groups excluding carboxylic acids is 1. The lowest BCUT2D eigenvalue weighted by atomic mass is 10.3. The zero-order valence-electron chi connectivity index (χ0n) is 6.63. The predicted molar refractivity (Wildman–Crippen MR) is 44.4 cm³/mol. The van der Waals surface area contributed by atoms with Crippen LogP contribution in [0.2, 0.25) is 0 Å². The molecule has 0 aromatic rings. The van der Waals surface area contributed by atoms with E-state index in [9.17, 15) is 4.79 Å². The standard InChI is InChI=1S/C7H13NO2.ClH/c1-2-3-6(9)10-7(8)4-5-7;/h2-5,8H2,1H3;1H. The molecule has 0 radical (unpaired) electrons. The third kappa shape index (κ3) is 3.58. The van der Waals surface area contributed by atoms with E-state index in [1.54, 1.807) is 0 Å². The molecule has 0 spiro atoms. The highest BCUT2D eigenvalue weighted by atomic mass is 35.5. The lowest BCUT2D eigenvalue weighted by Crippen LogP contribution is -2.28. The van der Waals surface area contributed by atoms with Gasteiger partial charge in [-0.25, -0.2) is 0 Å². The Hall–Kier alpha value is -0.280. The maximum atomic E-state index is 10.8. The minimum absolute atomic E-state index is 0. The van der Waals surface area contributed by atoms with Gasteiger partial charge in [0.15, 0.2) is 5.72 Å². The van der Waals surface area contributed by atoms with Gasteiger partial charge in [-0.3, -0.25) is 10.5 Å². The smallest absolute Gasteiger partial charge is 0.307 e. The molecule has 1 fully saturated rings. The summed E-state index contributed by atoms with van der Waals surface area (Å²) < 4.78 is 4.93. The largest absolute Gasteiger partial charge is 0.444 e. The Bertz CT molecular complexity index is 145. The van der Waals surface area contributed by atoms with Crippen molar-refractivity contribution in [1.29, 1.82) is 0 Å². The molecule has 0 amide bonds. The van der Waals surface area contributed by atoms with E-state index >= 15 is 0 Å². The molecule has 0 aromatic carbocycles. The molecule has 11 heavy (non-hydrogen) atoms. The number of nitrogens with two attached hydrogens (primary N) is 1. The molecular weight excluding hydrogens is 166 g/mol. The van der Waals surface area contributed by atoms with E-state index in [1.165, 1.54) is 0 Å². The number of hydrogen-bond acceptors (Lipinski definition) is 3. The minimum atomic E-state index is -0.577. The molecular formula is C7H14ClNO2. The zero-order chi connectivity index (χ0) is 7.61. The van der Waals surface area contributed by atoms with Gasteiger partial charge in [0.05, 0.1) is 0 Å². The Morgan fingerprint density at radius 1 is 1.64 bits per heavy atom. The van der Waals surface area contributed by atoms with Gasteiger partial charge in [-0.15, -0.1) is 12.4 Å². The molecule has 0 bridgehead atoms. The van der Waals surface area contributed by atoms with E-state index in [-0.39, 0.29) is 18.4 Å². The fourth-order valence-electron chi connectivity index (χ4n) is 0.707. The van der Waals surface area contributed by atoms with Crippen LogP contribution in [-0.2, 0) is 9.53 Å². The highest BCUT2D eigenvalue weighted by Crippen LogP contribution is 2.33. The molecule has 3 nitrogen and oxygen atoms in total. The van der Waals surface area contributed by atoms with Crippen LogP contribution >= 0.6 is 12.4 Å². The summed E-state index contributed by atoms with van der Waals surface area (Å²) in [5, 5.41) is 0. The van der Waals surface area contributed by atoms with E-state index < -0.39 is 5.72 Å². The lowest BCUT2D eigenvalue weighted by molar-refractivity contribution is -0.150. The molecule has 1 aliphatic rings. The van der Waals surface area contributed by atoms with Gasteiger partial charge in [-0.2, -0.15) is 0 Å². The number of carbonyl (C=O) groups is 1. The molecule has 1 aliphatic carbocycles. The lowest BCUT2D eigenvalue weighted by Gasteiger charge is -2.09. The van der Waals surface area contributed by atoms with E-state index in [4.69, 9.17) is 10.5 Å². The van der Waals surface area contributed by atoms with Crippen molar-refractivity contribution < 1.29 is 9.53 Å². The number of esters is 1. The number of hydrogen-bond donors (Lipinski definition) is 1. The molecule has 0 atom stereocenters. The van der Waals surface area contributed by atoms with Crippen molar-refractivity contribution in [3.05, 3.63) is 0 Å². The second-order valence-corrected chi connectivity index (χ2v) is 2.79. The van der Waals surface area contributed by atoms with Crippen LogP contribution in [0.15, 0.2) is 0 Å². The van der Waals surface area contributed by atoms with Crippen molar-refractivity contribution in [2.45, 2.75) is 38.3 Å². The topological polar surface area (TPSA) is 52.3 Å². The zero-order valence-corrected chi connectivity index (χ0v) is 7.45. The molecule has 0 saturated heterocycles. The summed E-state index contributed by atoms with van der Waals surface area (Å²) in [7, 11) is 0. The van der Waals surface area contributed by atoms with E-state index in [0.717, 1.165) is 19.3 Å². The van der Waals surface area contributed by atoms with E-state index in [0.29, 0.717) is 6.42 Å². The van der Waals surface area contributed by atoms with Crippen LogP contribution in [-0.4, -0.2) is 11.7 Å². The van der Waals surface area contributed by atoms with Crippen LogP contribution in [0, 0.1) is 0 Å². The predicted octanol–water partition coefficient (Wildman–Crippen LogP) is 1.20. The highest BCUT2D eigenvalue weighted by molar-refractivity contribution is 5.85. The second kappa shape index (κ2) is 3.93. The van der Waals surface area contributed by atoms with Crippen molar-refractivity contribution in [3.8, 4) is 0 Å². The van der Waals surface area contributed by atoms with Crippen molar-refractivity contribution in [2.75, 3.05) is 0 Å². The first-order valence-corrected chi connectivity index (χ1v) is 3.67. The van der Waals surface area contributed by atoms with Crippen LogP contribution in [0.1, 0.15) is 32.6 Å². The summed E-state index contributed by atoms with van der Waals surface area (Å²) in [5.41, 5.74) is 4.96. The average Bonchev–Trinajstić information content (AvgIpc) is 2.48. The first-order valence-electron chi connectivity index (χ1n) is 3.67. The van der Waals surface area contributed by atoms with Crippen LogP contribution in [0.4, 0.5) is 0 Å². The fourth-order valence-corrected chi connectivity index (χ4v) is 0.707. The SMILES string of the molecule is CCCC(=O)OC1(N)CC1.Cl. The van der Waals surface area contributed by atoms with Gasteiger partial charge in [0.1, 0.15) is 0 Å². The quantitative estimate of drug-likeness (QED) is 0.523. The Morgan fingerprint density at radius 3 is 2.55 bits per heavy atom. The van der Waals surface area contributed by atoms with Gasteiger partial charge in [-0.1, -0.05) is 6.92 Å².